The number of rotatable bonds is 5. The fraction of sp³-hybridized carbons (Fsp3) is 0.458. The van der Waals surface area contributed by atoms with Gasteiger partial charge in [0.15, 0.2) is 0 Å². The molecule has 2 aromatic carbocycles. The van der Waals surface area contributed by atoms with Crippen LogP contribution in [-0.2, 0) is 0 Å². The lowest BCUT2D eigenvalue weighted by Crippen LogP contribution is -2.25. The van der Waals surface area contributed by atoms with Crippen molar-refractivity contribution in [1.82, 2.24) is 4.90 Å². The van der Waals surface area contributed by atoms with Crippen LogP contribution in [0.1, 0.15) is 38.5 Å². The summed E-state index contributed by atoms with van der Waals surface area (Å²) in [5, 5.41) is 11.7. The Hall–Kier alpha value is -2.53. The van der Waals surface area contributed by atoms with Crippen molar-refractivity contribution in [3.63, 3.8) is 0 Å². The second kappa shape index (κ2) is 8.87. The summed E-state index contributed by atoms with van der Waals surface area (Å²) in [7, 11) is 2.22. The summed E-state index contributed by atoms with van der Waals surface area (Å²) in [5.41, 5.74) is -0.0248. The van der Waals surface area contributed by atoms with Crippen LogP contribution in [0.4, 0.5) is 0 Å². The van der Waals surface area contributed by atoms with E-state index in [1.807, 2.05) is 12.1 Å². The molecule has 1 saturated heterocycles. The molecule has 29 heavy (non-hydrogen) atoms. The van der Waals surface area contributed by atoms with E-state index in [1.165, 1.54) is 51.3 Å². The first-order valence-corrected chi connectivity index (χ1v) is 10.6. The van der Waals surface area contributed by atoms with E-state index >= 15 is 0 Å². The lowest BCUT2D eigenvalue weighted by molar-refractivity contribution is 0.234. The molecule has 0 amide bonds. The third-order valence-electron chi connectivity index (χ3n) is 6.02. The van der Waals surface area contributed by atoms with Crippen molar-refractivity contribution < 1.29 is 14.3 Å². The zero-order valence-corrected chi connectivity index (χ0v) is 17.0. The molecule has 0 radical (unpaired) electrons. The smallest absolute Gasteiger partial charge is 0.344 e. The molecule has 4 rings (SSSR count). The van der Waals surface area contributed by atoms with E-state index in [9.17, 15) is 9.90 Å². The fourth-order valence-corrected chi connectivity index (χ4v) is 4.31. The number of likely N-dealkylation sites (tertiary alicyclic amines) is 1. The maximum Gasteiger partial charge on any atom is 0.344 e. The van der Waals surface area contributed by atoms with Gasteiger partial charge in [0, 0.05) is 16.8 Å². The van der Waals surface area contributed by atoms with Gasteiger partial charge >= 0.3 is 5.63 Å². The van der Waals surface area contributed by atoms with Gasteiger partial charge < -0.3 is 19.2 Å². The lowest BCUT2D eigenvalue weighted by Gasteiger charge is -2.25. The van der Waals surface area contributed by atoms with Crippen LogP contribution >= 0.6 is 0 Å². The zero-order valence-electron chi connectivity index (χ0n) is 17.0. The Morgan fingerprint density at radius 2 is 1.93 bits per heavy atom. The van der Waals surface area contributed by atoms with E-state index in [2.05, 4.69) is 11.9 Å². The molecule has 2 heterocycles. The minimum Gasteiger partial charge on any atom is -0.508 e. The summed E-state index contributed by atoms with van der Waals surface area (Å²) in [5.74, 6) is 1.56. The highest BCUT2D eigenvalue weighted by Gasteiger charge is 2.14. The predicted octanol–water partition coefficient (Wildman–Crippen LogP) is 4.93. The highest BCUT2D eigenvalue weighted by molar-refractivity contribution is 6.04. The molecule has 1 atom stereocenters. The summed E-state index contributed by atoms with van der Waals surface area (Å²) in [6.45, 7) is 3.07. The molecule has 1 aromatic heterocycles. The number of nitrogens with zero attached hydrogens (tertiary/aromatic N) is 1. The van der Waals surface area contributed by atoms with E-state index < -0.39 is 5.63 Å². The number of ether oxygens (including phenoxy) is 1. The average molecular weight is 395 g/mol. The van der Waals surface area contributed by atoms with Gasteiger partial charge in [-0.1, -0.05) is 12.8 Å². The molecule has 5 heteroatoms. The Morgan fingerprint density at radius 1 is 1.07 bits per heavy atom. The molecule has 0 aliphatic carbocycles. The maximum absolute atomic E-state index is 12.4. The molecule has 1 fully saturated rings. The molecule has 154 valence electrons. The van der Waals surface area contributed by atoms with E-state index in [0.29, 0.717) is 23.3 Å². The summed E-state index contributed by atoms with van der Waals surface area (Å²) < 4.78 is 11.3. The van der Waals surface area contributed by atoms with Gasteiger partial charge in [-0.05, 0) is 82.1 Å². The first-order valence-electron chi connectivity index (χ1n) is 10.6. The van der Waals surface area contributed by atoms with Gasteiger partial charge in [-0.2, -0.15) is 0 Å². The predicted molar refractivity (Wildman–Crippen MR) is 116 cm³/mol. The fourth-order valence-electron chi connectivity index (χ4n) is 4.31. The average Bonchev–Trinajstić information content (AvgIpc) is 2.70. The van der Waals surface area contributed by atoms with E-state index in [1.54, 1.807) is 18.2 Å². The molecular formula is C24H29NO4. The van der Waals surface area contributed by atoms with Crippen molar-refractivity contribution in [2.75, 3.05) is 26.7 Å². The second-order valence-corrected chi connectivity index (χ2v) is 8.22. The molecular weight excluding hydrogens is 366 g/mol. The van der Waals surface area contributed by atoms with E-state index in [4.69, 9.17) is 9.15 Å². The van der Waals surface area contributed by atoms with Crippen LogP contribution in [0.5, 0.6) is 11.5 Å². The highest BCUT2D eigenvalue weighted by atomic mass is 16.5. The van der Waals surface area contributed by atoms with E-state index in [0.717, 1.165) is 23.1 Å². The van der Waals surface area contributed by atoms with Crippen LogP contribution in [-0.4, -0.2) is 36.8 Å². The van der Waals surface area contributed by atoms with Crippen LogP contribution < -0.4 is 10.4 Å². The Morgan fingerprint density at radius 3 is 2.83 bits per heavy atom. The third kappa shape index (κ3) is 4.73. The molecule has 0 saturated carbocycles. The van der Waals surface area contributed by atoms with Crippen LogP contribution in [0.3, 0.4) is 0 Å². The number of hydrogen-bond donors (Lipinski definition) is 1. The van der Waals surface area contributed by atoms with Gasteiger partial charge in [-0.25, -0.2) is 4.79 Å². The van der Waals surface area contributed by atoms with Gasteiger partial charge in [-0.3, -0.25) is 0 Å². The van der Waals surface area contributed by atoms with Crippen molar-refractivity contribution in [3.05, 3.63) is 46.8 Å². The SMILES string of the molecule is CN1CCCCC(CCCOc2ccc3c(c2)c(=O)oc2cc(O)ccc23)CC1. The summed E-state index contributed by atoms with van der Waals surface area (Å²) in [6, 6.07) is 10.4. The van der Waals surface area contributed by atoms with Gasteiger partial charge in [0.1, 0.15) is 17.1 Å². The molecule has 3 aromatic rings. The summed E-state index contributed by atoms with van der Waals surface area (Å²) >= 11 is 0. The highest BCUT2D eigenvalue weighted by Crippen LogP contribution is 2.28. The molecule has 1 aliphatic rings. The molecule has 0 bridgehead atoms. The van der Waals surface area contributed by atoms with Crippen molar-refractivity contribution in [2.24, 2.45) is 5.92 Å². The monoisotopic (exact) mass is 395 g/mol. The van der Waals surface area contributed by atoms with Crippen LogP contribution in [0, 0.1) is 5.92 Å². The minimum absolute atomic E-state index is 0.0795. The number of hydrogen-bond acceptors (Lipinski definition) is 5. The van der Waals surface area contributed by atoms with Crippen molar-refractivity contribution in [2.45, 2.75) is 38.5 Å². The first-order chi connectivity index (χ1) is 14.1. The van der Waals surface area contributed by atoms with Gasteiger partial charge in [-0.15, -0.1) is 0 Å². The summed E-state index contributed by atoms with van der Waals surface area (Å²) in [6.07, 6.45) is 7.44. The van der Waals surface area contributed by atoms with Crippen LogP contribution in [0.2, 0.25) is 0 Å². The molecule has 5 nitrogen and oxygen atoms in total. The van der Waals surface area contributed by atoms with Crippen LogP contribution in [0.15, 0.2) is 45.6 Å². The van der Waals surface area contributed by atoms with Gasteiger partial charge in [0.25, 0.3) is 0 Å². The Labute approximate surface area is 170 Å². The molecule has 0 spiro atoms. The minimum atomic E-state index is -0.415. The first kappa shape index (κ1) is 19.8. The number of benzene rings is 2. The number of phenols is 1. The molecule has 1 N–H and O–H groups in total. The quantitative estimate of drug-likeness (QED) is 0.377. The van der Waals surface area contributed by atoms with Crippen LogP contribution in [0.25, 0.3) is 21.7 Å². The zero-order chi connectivity index (χ0) is 20.2. The Balaban J connectivity index is 1.40. The Kier molecular flexibility index (Phi) is 6.05. The topological polar surface area (TPSA) is 62.9 Å². The summed E-state index contributed by atoms with van der Waals surface area (Å²) in [4.78, 5) is 14.8. The number of phenolic OH excluding ortho intramolecular Hbond substituents is 1. The Bertz CT molecular complexity index is 1040. The van der Waals surface area contributed by atoms with E-state index in [-0.39, 0.29) is 5.75 Å². The van der Waals surface area contributed by atoms with Crippen molar-refractivity contribution in [3.8, 4) is 11.5 Å². The normalized spacial score (nSPS) is 18.6. The van der Waals surface area contributed by atoms with Crippen molar-refractivity contribution in [1.29, 1.82) is 0 Å². The third-order valence-corrected chi connectivity index (χ3v) is 6.02. The largest absolute Gasteiger partial charge is 0.508 e. The van der Waals surface area contributed by atoms with Crippen molar-refractivity contribution >= 4 is 21.7 Å². The lowest BCUT2D eigenvalue weighted by atomic mass is 9.92. The number of aromatic hydroxyl groups is 1. The standard InChI is InChI=1S/C24H29NO4/c1-25-12-3-2-5-17(11-13-25)6-4-14-28-19-8-10-20-21-9-7-18(26)15-23(21)29-24(27)22(20)16-19/h7-10,15-17,26H,2-6,11-14H2,1H3. The molecule has 1 unspecified atom stereocenters. The second-order valence-electron chi connectivity index (χ2n) is 8.22. The van der Waals surface area contributed by atoms with Gasteiger partial charge in [0.05, 0.1) is 12.0 Å². The van der Waals surface area contributed by atoms with Gasteiger partial charge in [0.2, 0.25) is 0 Å². The maximum atomic E-state index is 12.4. The molecule has 1 aliphatic heterocycles. The number of fused-ring (bicyclic) bond motifs is 3.